The van der Waals surface area contributed by atoms with Gasteiger partial charge in [0.2, 0.25) is 5.12 Å². The van der Waals surface area contributed by atoms with Crippen LogP contribution in [0.2, 0.25) is 0 Å². The van der Waals surface area contributed by atoms with Gasteiger partial charge in [0.15, 0.2) is 0 Å². The number of hydrogen-bond donors (Lipinski definition) is 3. The maximum Gasteiger partial charge on any atom is 0.391 e. The summed E-state index contributed by atoms with van der Waals surface area (Å²) < 4.78 is 4.61. The Morgan fingerprint density at radius 3 is 2.54 bits per heavy atom. The molecule has 0 saturated heterocycles. The van der Waals surface area contributed by atoms with Crippen molar-refractivity contribution in [1.82, 2.24) is 0 Å². The first-order chi connectivity index (χ1) is 6.11. The van der Waals surface area contributed by atoms with E-state index in [0.29, 0.717) is 0 Å². The number of thiol groups is 1. The van der Waals surface area contributed by atoms with E-state index in [2.05, 4.69) is 17.2 Å². The Hall–Kier alpha value is -0.610. The minimum Gasteiger partial charge on any atom is -0.426 e. The van der Waals surface area contributed by atoms with Crippen LogP contribution in [0.4, 0.5) is 0 Å². The molecule has 70 valence electrons. The van der Waals surface area contributed by atoms with Crippen molar-refractivity contribution in [3.8, 4) is 5.75 Å². The molecular formula is C7H7O4PS. The summed E-state index contributed by atoms with van der Waals surface area (Å²) in [6.07, 6.45) is 0. The van der Waals surface area contributed by atoms with Gasteiger partial charge in [-0.3, -0.25) is 4.79 Å². The minimum atomic E-state index is -2.50. The largest absolute Gasteiger partial charge is 0.426 e. The van der Waals surface area contributed by atoms with Crippen LogP contribution in [0.15, 0.2) is 24.3 Å². The van der Waals surface area contributed by atoms with Gasteiger partial charge in [0, 0.05) is 0 Å². The lowest BCUT2D eigenvalue weighted by Gasteiger charge is -2.07. The number of benzene rings is 1. The Kier molecular flexibility index (Phi) is 3.69. The van der Waals surface area contributed by atoms with E-state index < -0.39 is 13.7 Å². The van der Waals surface area contributed by atoms with Crippen LogP contribution in [0.1, 0.15) is 10.4 Å². The summed E-state index contributed by atoms with van der Waals surface area (Å²) in [6.45, 7) is 0. The molecule has 0 fully saturated rings. The van der Waals surface area contributed by atoms with Gasteiger partial charge < -0.3 is 14.3 Å². The Morgan fingerprint density at radius 1 is 1.38 bits per heavy atom. The van der Waals surface area contributed by atoms with Crippen LogP contribution in [0.5, 0.6) is 5.75 Å². The second-order valence-electron chi connectivity index (χ2n) is 2.15. The summed E-state index contributed by atoms with van der Waals surface area (Å²) in [5.74, 6) is 0.124. The molecule has 1 aromatic carbocycles. The molecule has 1 rings (SSSR count). The zero-order valence-corrected chi connectivity index (χ0v) is 8.20. The van der Waals surface area contributed by atoms with Gasteiger partial charge >= 0.3 is 8.60 Å². The zero-order chi connectivity index (χ0) is 9.84. The predicted molar refractivity (Wildman–Crippen MR) is 51.7 cm³/mol. The Morgan fingerprint density at radius 2 is 2.00 bits per heavy atom. The van der Waals surface area contributed by atoms with Crippen molar-refractivity contribution in [2.24, 2.45) is 0 Å². The SMILES string of the molecule is O=C(S)c1ccccc1OP(O)O. The van der Waals surface area contributed by atoms with Gasteiger partial charge in [0.05, 0.1) is 5.56 Å². The Balaban J connectivity index is 2.98. The molecular weight excluding hydrogens is 211 g/mol. The van der Waals surface area contributed by atoms with Crippen molar-refractivity contribution in [3.63, 3.8) is 0 Å². The van der Waals surface area contributed by atoms with Crippen LogP contribution < -0.4 is 4.52 Å². The maximum atomic E-state index is 10.9. The van der Waals surface area contributed by atoms with Gasteiger partial charge in [-0.05, 0) is 12.1 Å². The van der Waals surface area contributed by atoms with Crippen molar-refractivity contribution >= 4 is 26.3 Å². The first-order valence-corrected chi connectivity index (χ1v) is 4.90. The smallest absolute Gasteiger partial charge is 0.391 e. The third-order valence-electron chi connectivity index (χ3n) is 1.30. The van der Waals surface area contributed by atoms with Gasteiger partial charge in [0.1, 0.15) is 5.75 Å². The molecule has 0 aliphatic carbocycles. The fourth-order valence-corrected chi connectivity index (χ4v) is 1.33. The minimum absolute atomic E-state index is 0.124. The topological polar surface area (TPSA) is 66.8 Å². The monoisotopic (exact) mass is 218 g/mol. The molecule has 1 aromatic rings. The van der Waals surface area contributed by atoms with Crippen LogP contribution in [0, 0.1) is 0 Å². The molecule has 0 unspecified atom stereocenters. The van der Waals surface area contributed by atoms with E-state index in [4.69, 9.17) is 9.79 Å². The van der Waals surface area contributed by atoms with E-state index in [-0.39, 0.29) is 11.3 Å². The standard InChI is InChI=1S/C7H7O4PS/c8-7(13)5-3-1-2-4-6(5)11-12(9)10/h1-4,9-10H,(H,8,13). The highest BCUT2D eigenvalue weighted by Crippen LogP contribution is 2.31. The average molecular weight is 218 g/mol. The third-order valence-corrected chi connectivity index (χ3v) is 1.90. The molecule has 0 aliphatic rings. The molecule has 0 atom stereocenters. The summed E-state index contributed by atoms with van der Waals surface area (Å²) in [5.41, 5.74) is 0.210. The summed E-state index contributed by atoms with van der Waals surface area (Å²) in [6, 6.07) is 6.20. The van der Waals surface area contributed by atoms with Crippen LogP contribution >= 0.6 is 21.2 Å². The van der Waals surface area contributed by atoms with E-state index in [9.17, 15) is 4.79 Å². The average Bonchev–Trinajstić information content (AvgIpc) is 2.03. The molecule has 4 nitrogen and oxygen atoms in total. The lowest BCUT2D eigenvalue weighted by atomic mass is 10.2. The Bertz CT molecular complexity index is 315. The van der Waals surface area contributed by atoms with Crippen LogP contribution in [0.25, 0.3) is 0 Å². The molecule has 13 heavy (non-hydrogen) atoms. The van der Waals surface area contributed by atoms with Gasteiger partial charge in [-0.1, -0.05) is 12.1 Å². The molecule has 0 bridgehead atoms. The number of carbonyl (C=O) groups excluding carboxylic acids is 1. The molecule has 0 heterocycles. The summed E-state index contributed by atoms with van der Waals surface area (Å²) in [4.78, 5) is 28.0. The predicted octanol–water partition coefficient (Wildman–Crippen LogP) is 1.35. The number of rotatable bonds is 3. The van der Waals surface area contributed by atoms with Crippen molar-refractivity contribution in [2.75, 3.05) is 0 Å². The summed E-state index contributed by atoms with van der Waals surface area (Å²) >= 11 is 3.60. The maximum absolute atomic E-state index is 10.9. The van der Waals surface area contributed by atoms with Gasteiger partial charge in [0.25, 0.3) is 0 Å². The van der Waals surface area contributed by atoms with Crippen LogP contribution in [-0.2, 0) is 0 Å². The summed E-state index contributed by atoms with van der Waals surface area (Å²) in [5, 5.41) is -0.479. The molecule has 2 N–H and O–H groups in total. The Labute approximate surface area is 81.6 Å². The second-order valence-corrected chi connectivity index (χ2v) is 3.24. The molecule has 0 saturated carbocycles. The molecule has 6 heteroatoms. The van der Waals surface area contributed by atoms with Gasteiger partial charge in [-0.25, -0.2) is 0 Å². The zero-order valence-electron chi connectivity index (χ0n) is 6.41. The number of carbonyl (C=O) groups is 1. The number of para-hydroxylation sites is 1. The van der Waals surface area contributed by atoms with E-state index in [1.807, 2.05) is 0 Å². The summed E-state index contributed by atoms with van der Waals surface area (Å²) in [7, 11) is -2.50. The molecule has 0 radical (unpaired) electrons. The highest BCUT2D eigenvalue weighted by Gasteiger charge is 2.11. The first-order valence-electron chi connectivity index (χ1n) is 3.29. The molecule has 0 amide bonds. The van der Waals surface area contributed by atoms with E-state index >= 15 is 0 Å². The first kappa shape index (κ1) is 10.5. The van der Waals surface area contributed by atoms with E-state index in [1.165, 1.54) is 12.1 Å². The quantitative estimate of drug-likeness (QED) is 0.529. The number of hydrogen-bond acceptors (Lipinski definition) is 4. The van der Waals surface area contributed by atoms with Crippen LogP contribution in [-0.4, -0.2) is 14.9 Å². The lowest BCUT2D eigenvalue weighted by molar-refractivity contribution is 0.109. The normalized spacial score (nSPS) is 10.2. The van der Waals surface area contributed by atoms with Crippen LogP contribution in [0.3, 0.4) is 0 Å². The van der Waals surface area contributed by atoms with Crippen molar-refractivity contribution < 1.29 is 19.1 Å². The fourth-order valence-electron chi connectivity index (χ4n) is 0.811. The highest BCUT2D eigenvalue weighted by atomic mass is 32.1. The van der Waals surface area contributed by atoms with Crippen molar-refractivity contribution in [1.29, 1.82) is 0 Å². The van der Waals surface area contributed by atoms with Gasteiger partial charge in [-0.2, -0.15) is 0 Å². The van der Waals surface area contributed by atoms with E-state index in [0.717, 1.165) is 0 Å². The lowest BCUT2D eigenvalue weighted by Crippen LogP contribution is -1.94. The molecule has 0 spiro atoms. The van der Waals surface area contributed by atoms with E-state index in [1.54, 1.807) is 12.1 Å². The fraction of sp³-hybridized carbons (Fsp3) is 0. The van der Waals surface area contributed by atoms with Crippen molar-refractivity contribution in [3.05, 3.63) is 29.8 Å². The second kappa shape index (κ2) is 4.58. The van der Waals surface area contributed by atoms with Crippen molar-refractivity contribution in [2.45, 2.75) is 0 Å². The van der Waals surface area contributed by atoms with Gasteiger partial charge in [-0.15, -0.1) is 12.6 Å². The molecule has 0 aliphatic heterocycles. The molecule has 0 aromatic heterocycles. The highest BCUT2D eigenvalue weighted by molar-refractivity contribution is 7.97. The third kappa shape index (κ3) is 2.97.